The summed E-state index contributed by atoms with van der Waals surface area (Å²) in [7, 11) is 0. The monoisotopic (exact) mass is 314 g/mol. The Morgan fingerprint density at radius 3 is 2.94 bits per heavy atom. The Bertz CT molecular complexity index is 406. The van der Waals surface area contributed by atoms with Crippen LogP contribution in [0, 0.1) is 11.7 Å². The second-order valence-corrected chi connectivity index (χ2v) is 5.62. The van der Waals surface area contributed by atoms with Gasteiger partial charge in [0.25, 0.3) is 0 Å². The predicted octanol–water partition coefficient (Wildman–Crippen LogP) is 4.85. The van der Waals surface area contributed by atoms with Gasteiger partial charge >= 0.3 is 0 Å². The minimum atomic E-state index is -0.122. The molecule has 0 aromatic heterocycles. The molecule has 1 aromatic carbocycles. The van der Waals surface area contributed by atoms with E-state index in [1.807, 2.05) is 6.07 Å². The number of fused-ring (bicyclic) bond motifs is 1. The lowest BCUT2D eigenvalue weighted by molar-refractivity contribution is 0.210. The van der Waals surface area contributed by atoms with Crippen LogP contribution in [0.2, 0.25) is 0 Å². The number of ether oxygens (including phenoxy) is 1. The highest BCUT2D eigenvalue weighted by Gasteiger charge is 2.21. The quantitative estimate of drug-likeness (QED) is 0.557. The van der Waals surface area contributed by atoms with Crippen LogP contribution in [0.5, 0.6) is 5.75 Å². The fraction of sp³-hybridized carbons (Fsp3) is 0.600. The number of rotatable bonds is 5. The molecule has 1 aliphatic heterocycles. The molecule has 1 nitrogen and oxygen atoms in total. The van der Waals surface area contributed by atoms with E-state index in [0.717, 1.165) is 24.3 Å². The van der Waals surface area contributed by atoms with E-state index in [2.05, 4.69) is 22.9 Å². The van der Waals surface area contributed by atoms with E-state index in [1.165, 1.54) is 25.7 Å². The van der Waals surface area contributed by atoms with Gasteiger partial charge in [-0.15, -0.1) is 0 Å². The van der Waals surface area contributed by atoms with Gasteiger partial charge in [0.1, 0.15) is 11.6 Å². The van der Waals surface area contributed by atoms with E-state index >= 15 is 0 Å². The number of hydrogen-bond donors (Lipinski definition) is 0. The summed E-state index contributed by atoms with van der Waals surface area (Å²) in [5.74, 6) is 1.30. The van der Waals surface area contributed by atoms with E-state index in [-0.39, 0.29) is 5.82 Å². The third-order valence-electron chi connectivity index (χ3n) is 3.57. The van der Waals surface area contributed by atoms with Crippen molar-refractivity contribution in [1.29, 1.82) is 0 Å². The van der Waals surface area contributed by atoms with Crippen molar-refractivity contribution in [2.45, 2.75) is 44.4 Å². The second kappa shape index (κ2) is 6.55. The summed E-state index contributed by atoms with van der Waals surface area (Å²) in [5.41, 5.74) is 1.71. The maximum Gasteiger partial charge on any atom is 0.127 e. The molecule has 1 atom stereocenters. The van der Waals surface area contributed by atoms with Crippen LogP contribution in [-0.2, 0) is 11.8 Å². The van der Waals surface area contributed by atoms with Crippen LogP contribution in [0.15, 0.2) is 12.1 Å². The van der Waals surface area contributed by atoms with Gasteiger partial charge in [-0.2, -0.15) is 0 Å². The van der Waals surface area contributed by atoms with E-state index in [1.54, 1.807) is 6.07 Å². The molecule has 1 aromatic rings. The molecule has 100 valence electrons. The molecule has 0 saturated heterocycles. The van der Waals surface area contributed by atoms with Crippen LogP contribution in [-0.4, -0.2) is 6.61 Å². The third kappa shape index (κ3) is 3.25. The Morgan fingerprint density at radius 1 is 1.39 bits per heavy atom. The van der Waals surface area contributed by atoms with Crippen LogP contribution in [0.3, 0.4) is 0 Å². The maximum atomic E-state index is 13.7. The number of alkyl halides is 1. The lowest BCUT2D eigenvalue weighted by Gasteiger charge is -2.26. The van der Waals surface area contributed by atoms with Crippen molar-refractivity contribution >= 4 is 15.9 Å². The van der Waals surface area contributed by atoms with Crippen molar-refractivity contribution in [2.24, 2.45) is 5.92 Å². The number of unbranched alkanes of at least 4 members (excludes halogenated alkanes) is 2. The molecule has 2 rings (SSSR count). The van der Waals surface area contributed by atoms with Crippen molar-refractivity contribution in [2.75, 3.05) is 6.61 Å². The molecule has 3 heteroatoms. The van der Waals surface area contributed by atoms with Gasteiger partial charge < -0.3 is 4.74 Å². The van der Waals surface area contributed by atoms with Crippen LogP contribution >= 0.6 is 15.9 Å². The smallest absolute Gasteiger partial charge is 0.127 e. The third-order valence-corrected chi connectivity index (χ3v) is 4.18. The van der Waals surface area contributed by atoms with E-state index in [4.69, 9.17) is 4.74 Å². The molecule has 0 saturated carbocycles. The number of halogens is 2. The second-order valence-electron chi connectivity index (χ2n) is 5.06. The molecular formula is C15H20BrFO. The van der Waals surface area contributed by atoms with Crippen molar-refractivity contribution in [3.8, 4) is 5.75 Å². The molecule has 0 fully saturated rings. The van der Waals surface area contributed by atoms with Crippen molar-refractivity contribution in [3.05, 3.63) is 29.1 Å². The zero-order valence-electron chi connectivity index (χ0n) is 10.8. The first-order chi connectivity index (χ1) is 8.74. The average Bonchev–Trinajstić information content (AvgIpc) is 2.38. The van der Waals surface area contributed by atoms with Gasteiger partial charge in [-0.05, 0) is 36.5 Å². The molecular weight excluding hydrogens is 295 g/mol. The molecule has 0 N–H and O–H groups in total. The Balaban J connectivity index is 2.03. The topological polar surface area (TPSA) is 9.23 Å². The standard InChI is InChI=1S/C15H20BrFO/c1-2-3-4-5-11-6-12-7-14(17)13(9-16)8-15(12)18-10-11/h7-8,11H,2-6,9-10H2,1H3. The maximum absolute atomic E-state index is 13.7. The Morgan fingerprint density at radius 2 is 2.22 bits per heavy atom. The van der Waals surface area contributed by atoms with Crippen LogP contribution in [0.4, 0.5) is 4.39 Å². The lowest BCUT2D eigenvalue weighted by atomic mass is 9.91. The fourth-order valence-corrected chi connectivity index (χ4v) is 2.91. The number of hydrogen-bond acceptors (Lipinski definition) is 1. The van der Waals surface area contributed by atoms with Crippen LogP contribution < -0.4 is 4.74 Å². The van der Waals surface area contributed by atoms with Crippen LogP contribution in [0.1, 0.15) is 43.7 Å². The first kappa shape index (κ1) is 13.9. The summed E-state index contributed by atoms with van der Waals surface area (Å²) in [6.07, 6.45) is 5.92. The van der Waals surface area contributed by atoms with Gasteiger partial charge in [-0.25, -0.2) is 4.39 Å². The van der Waals surface area contributed by atoms with Gasteiger partial charge in [0, 0.05) is 10.9 Å². The van der Waals surface area contributed by atoms with E-state index < -0.39 is 0 Å². The molecule has 0 spiro atoms. The number of benzene rings is 1. The Hall–Kier alpha value is -0.570. The summed E-state index contributed by atoms with van der Waals surface area (Å²) < 4.78 is 19.5. The van der Waals surface area contributed by atoms with Gasteiger partial charge in [0.15, 0.2) is 0 Å². The van der Waals surface area contributed by atoms with Crippen molar-refractivity contribution in [3.63, 3.8) is 0 Å². The predicted molar refractivity (Wildman–Crippen MR) is 75.9 cm³/mol. The first-order valence-corrected chi connectivity index (χ1v) is 7.86. The molecule has 1 unspecified atom stereocenters. The first-order valence-electron chi connectivity index (χ1n) is 6.74. The minimum Gasteiger partial charge on any atom is -0.493 e. The summed E-state index contributed by atoms with van der Waals surface area (Å²) in [4.78, 5) is 0. The van der Waals surface area contributed by atoms with E-state index in [9.17, 15) is 4.39 Å². The van der Waals surface area contributed by atoms with Gasteiger partial charge in [0.2, 0.25) is 0 Å². The highest BCUT2D eigenvalue weighted by atomic mass is 79.9. The summed E-state index contributed by atoms with van der Waals surface area (Å²) in [6, 6.07) is 3.49. The molecule has 1 aliphatic rings. The average molecular weight is 315 g/mol. The molecule has 0 bridgehead atoms. The SMILES string of the molecule is CCCCCC1COc2cc(CBr)c(F)cc2C1. The summed E-state index contributed by atoms with van der Waals surface area (Å²) >= 11 is 3.29. The molecule has 18 heavy (non-hydrogen) atoms. The molecule has 0 aliphatic carbocycles. The zero-order chi connectivity index (χ0) is 13.0. The van der Waals surface area contributed by atoms with Crippen molar-refractivity contribution < 1.29 is 9.13 Å². The largest absolute Gasteiger partial charge is 0.493 e. The Labute approximate surface area is 117 Å². The summed E-state index contributed by atoms with van der Waals surface area (Å²) in [6.45, 7) is 2.99. The summed E-state index contributed by atoms with van der Waals surface area (Å²) in [5, 5.41) is 0.537. The highest BCUT2D eigenvalue weighted by molar-refractivity contribution is 9.08. The minimum absolute atomic E-state index is 0.122. The van der Waals surface area contributed by atoms with Crippen LogP contribution in [0.25, 0.3) is 0 Å². The van der Waals surface area contributed by atoms with Gasteiger partial charge in [-0.1, -0.05) is 42.1 Å². The molecule has 0 amide bonds. The normalized spacial score (nSPS) is 18.3. The highest BCUT2D eigenvalue weighted by Crippen LogP contribution is 2.32. The molecule has 1 heterocycles. The fourth-order valence-electron chi connectivity index (χ4n) is 2.48. The molecule has 0 radical (unpaired) electrons. The van der Waals surface area contributed by atoms with Gasteiger partial charge in [-0.3, -0.25) is 0 Å². The Kier molecular flexibility index (Phi) is 5.04. The van der Waals surface area contributed by atoms with Gasteiger partial charge in [0.05, 0.1) is 6.61 Å². The zero-order valence-corrected chi connectivity index (χ0v) is 12.4. The lowest BCUT2D eigenvalue weighted by Crippen LogP contribution is -2.21. The van der Waals surface area contributed by atoms with Crippen molar-refractivity contribution in [1.82, 2.24) is 0 Å². The van der Waals surface area contributed by atoms with E-state index in [0.29, 0.717) is 16.8 Å².